The molecule has 0 bridgehead atoms. The molecular weight excluding hydrogens is 404 g/mol. The number of amides is 3. The van der Waals surface area contributed by atoms with Gasteiger partial charge in [0.15, 0.2) is 0 Å². The summed E-state index contributed by atoms with van der Waals surface area (Å²) in [7, 11) is 3.41. The smallest absolute Gasteiger partial charge is 0.253 e. The SMILES string of the molecule is CCN(Cc1ccc(C(=O)N(C)C)cc1)C(=O)CCC(=O)N(CCC#N)c1ccccc1. The zero-order chi connectivity index (χ0) is 23.5. The first-order valence-corrected chi connectivity index (χ1v) is 10.7. The van der Waals surface area contributed by atoms with Crippen molar-refractivity contribution >= 4 is 23.4 Å². The maximum Gasteiger partial charge on any atom is 0.253 e. The Balaban J connectivity index is 1.98. The molecule has 7 nitrogen and oxygen atoms in total. The molecule has 0 aliphatic rings. The number of hydrogen-bond acceptors (Lipinski definition) is 4. The maximum atomic E-state index is 12.8. The second kappa shape index (κ2) is 12.3. The first-order valence-electron chi connectivity index (χ1n) is 10.7. The lowest BCUT2D eigenvalue weighted by Gasteiger charge is -2.24. The van der Waals surface area contributed by atoms with Crippen molar-refractivity contribution in [3.8, 4) is 6.07 Å². The summed E-state index contributed by atoms with van der Waals surface area (Å²) < 4.78 is 0. The maximum absolute atomic E-state index is 12.8. The summed E-state index contributed by atoms with van der Waals surface area (Å²) in [5.74, 6) is -0.358. The number of nitrogens with zero attached hydrogens (tertiary/aromatic N) is 4. The van der Waals surface area contributed by atoms with Gasteiger partial charge in [-0.25, -0.2) is 0 Å². The van der Waals surface area contributed by atoms with Crippen LogP contribution < -0.4 is 4.90 Å². The van der Waals surface area contributed by atoms with Gasteiger partial charge in [-0.2, -0.15) is 5.26 Å². The standard InChI is InChI=1S/C25H30N4O3/c1-4-28(19-20-11-13-21(14-12-20)25(32)27(2)3)23(30)15-16-24(31)29(18-8-17-26)22-9-6-5-7-10-22/h5-7,9-14H,4,8,15-16,18-19H2,1-3H3. The third-order valence-corrected chi connectivity index (χ3v) is 5.08. The summed E-state index contributed by atoms with van der Waals surface area (Å²) >= 11 is 0. The molecule has 0 aromatic heterocycles. The Labute approximate surface area is 189 Å². The van der Waals surface area contributed by atoms with Gasteiger partial charge < -0.3 is 14.7 Å². The lowest BCUT2D eigenvalue weighted by Crippen LogP contribution is -2.34. The highest BCUT2D eigenvalue weighted by Crippen LogP contribution is 2.16. The van der Waals surface area contributed by atoms with E-state index in [0.717, 1.165) is 11.3 Å². The number of carbonyl (C=O) groups excluding carboxylic acids is 3. The Morgan fingerprint density at radius 1 is 0.906 bits per heavy atom. The van der Waals surface area contributed by atoms with Gasteiger partial charge in [0.05, 0.1) is 12.5 Å². The van der Waals surface area contributed by atoms with Crippen LogP contribution >= 0.6 is 0 Å². The summed E-state index contributed by atoms with van der Waals surface area (Å²) in [6, 6.07) is 18.4. The van der Waals surface area contributed by atoms with Crippen molar-refractivity contribution in [2.75, 3.05) is 32.1 Å². The van der Waals surface area contributed by atoms with E-state index in [4.69, 9.17) is 5.26 Å². The Bertz CT molecular complexity index is 949. The van der Waals surface area contributed by atoms with E-state index in [9.17, 15) is 14.4 Å². The minimum Gasteiger partial charge on any atom is -0.345 e. The summed E-state index contributed by atoms with van der Waals surface area (Å²) in [6.07, 6.45) is 0.397. The first-order chi connectivity index (χ1) is 15.4. The van der Waals surface area contributed by atoms with Crippen LogP contribution in [0.5, 0.6) is 0 Å². The quantitative estimate of drug-likeness (QED) is 0.573. The molecule has 0 unspecified atom stereocenters. The van der Waals surface area contributed by atoms with E-state index >= 15 is 0 Å². The van der Waals surface area contributed by atoms with E-state index in [0.29, 0.717) is 25.2 Å². The van der Waals surface area contributed by atoms with Gasteiger partial charge in [0.1, 0.15) is 0 Å². The zero-order valence-corrected chi connectivity index (χ0v) is 19.0. The molecule has 0 saturated heterocycles. The van der Waals surface area contributed by atoms with Crippen molar-refractivity contribution in [1.29, 1.82) is 5.26 Å². The topological polar surface area (TPSA) is 84.7 Å². The number of nitriles is 1. The van der Waals surface area contributed by atoms with Gasteiger partial charge in [-0.05, 0) is 36.8 Å². The van der Waals surface area contributed by atoms with Crippen molar-refractivity contribution < 1.29 is 14.4 Å². The van der Waals surface area contributed by atoms with Gasteiger partial charge in [0, 0.05) is 57.8 Å². The lowest BCUT2D eigenvalue weighted by molar-refractivity contribution is -0.133. The molecule has 0 fully saturated rings. The number of para-hydroxylation sites is 1. The molecule has 0 N–H and O–H groups in total. The van der Waals surface area contributed by atoms with Crippen molar-refractivity contribution in [3.05, 3.63) is 65.7 Å². The van der Waals surface area contributed by atoms with Crippen LogP contribution in [0, 0.1) is 11.3 Å². The number of anilines is 1. The monoisotopic (exact) mass is 434 g/mol. The van der Waals surface area contributed by atoms with Crippen molar-refractivity contribution in [2.45, 2.75) is 32.7 Å². The zero-order valence-electron chi connectivity index (χ0n) is 19.0. The molecule has 0 radical (unpaired) electrons. The van der Waals surface area contributed by atoms with E-state index < -0.39 is 0 Å². The highest BCUT2D eigenvalue weighted by Gasteiger charge is 2.19. The fourth-order valence-electron chi connectivity index (χ4n) is 3.28. The van der Waals surface area contributed by atoms with Crippen LogP contribution in [0.1, 0.15) is 42.1 Å². The van der Waals surface area contributed by atoms with E-state index in [1.165, 1.54) is 4.90 Å². The average Bonchev–Trinajstić information content (AvgIpc) is 2.81. The molecule has 7 heteroatoms. The third kappa shape index (κ3) is 6.95. The molecule has 0 aliphatic heterocycles. The van der Waals surface area contributed by atoms with Gasteiger partial charge in [-0.15, -0.1) is 0 Å². The van der Waals surface area contributed by atoms with Crippen LogP contribution in [0.4, 0.5) is 5.69 Å². The molecule has 0 saturated carbocycles. The molecule has 0 atom stereocenters. The normalized spacial score (nSPS) is 10.2. The number of rotatable bonds is 10. The van der Waals surface area contributed by atoms with Gasteiger partial charge in [-0.3, -0.25) is 14.4 Å². The Morgan fingerprint density at radius 2 is 1.53 bits per heavy atom. The van der Waals surface area contributed by atoms with Crippen LogP contribution in [0.3, 0.4) is 0 Å². The van der Waals surface area contributed by atoms with Crippen LogP contribution in [0.2, 0.25) is 0 Å². The molecule has 32 heavy (non-hydrogen) atoms. The van der Waals surface area contributed by atoms with E-state index in [-0.39, 0.29) is 37.0 Å². The second-order valence-corrected chi connectivity index (χ2v) is 7.59. The highest BCUT2D eigenvalue weighted by atomic mass is 16.2. The molecule has 0 spiro atoms. The lowest BCUT2D eigenvalue weighted by atomic mass is 10.1. The van der Waals surface area contributed by atoms with Crippen LogP contribution in [-0.2, 0) is 16.1 Å². The van der Waals surface area contributed by atoms with Gasteiger partial charge in [0.2, 0.25) is 11.8 Å². The van der Waals surface area contributed by atoms with Crippen molar-refractivity contribution in [1.82, 2.24) is 9.80 Å². The summed E-state index contributed by atoms with van der Waals surface area (Å²) in [6.45, 7) is 3.12. The molecule has 2 aromatic rings. The van der Waals surface area contributed by atoms with Crippen LogP contribution in [-0.4, -0.2) is 54.7 Å². The van der Waals surface area contributed by atoms with Gasteiger partial charge >= 0.3 is 0 Å². The van der Waals surface area contributed by atoms with E-state index in [1.807, 2.05) is 49.4 Å². The molecular formula is C25H30N4O3. The number of carbonyl (C=O) groups is 3. The summed E-state index contributed by atoms with van der Waals surface area (Å²) in [5.41, 5.74) is 2.23. The Hall–Kier alpha value is -3.66. The highest BCUT2D eigenvalue weighted by molar-refractivity contribution is 5.95. The first kappa shape index (κ1) is 24.6. The minimum absolute atomic E-state index is 0.0714. The van der Waals surface area contributed by atoms with Crippen molar-refractivity contribution in [3.63, 3.8) is 0 Å². The predicted molar refractivity (Wildman–Crippen MR) is 124 cm³/mol. The minimum atomic E-state index is -0.178. The fourth-order valence-corrected chi connectivity index (χ4v) is 3.28. The molecule has 0 aliphatic carbocycles. The molecule has 2 aromatic carbocycles. The molecule has 2 rings (SSSR count). The number of hydrogen-bond donors (Lipinski definition) is 0. The van der Waals surface area contributed by atoms with Gasteiger partial charge in [0.25, 0.3) is 5.91 Å². The van der Waals surface area contributed by atoms with Gasteiger partial charge in [-0.1, -0.05) is 30.3 Å². The molecule has 3 amide bonds. The fraction of sp³-hybridized carbons (Fsp3) is 0.360. The Kier molecular flexibility index (Phi) is 9.43. The van der Waals surface area contributed by atoms with Crippen molar-refractivity contribution in [2.24, 2.45) is 0 Å². The predicted octanol–water partition coefficient (Wildman–Crippen LogP) is 3.46. The van der Waals surface area contributed by atoms with Crippen LogP contribution in [0.25, 0.3) is 0 Å². The second-order valence-electron chi connectivity index (χ2n) is 7.59. The van der Waals surface area contributed by atoms with E-state index in [2.05, 4.69) is 6.07 Å². The average molecular weight is 435 g/mol. The van der Waals surface area contributed by atoms with E-state index in [1.54, 1.807) is 36.0 Å². The largest absolute Gasteiger partial charge is 0.345 e. The van der Waals surface area contributed by atoms with Crippen LogP contribution in [0.15, 0.2) is 54.6 Å². The molecule has 0 heterocycles. The Morgan fingerprint density at radius 3 is 2.09 bits per heavy atom. The summed E-state index contributed by atoms with van der Waals surface area (Å²) in [5, 5.41) is 8.91. The summed E-state index contributed by atoms with van der Waals surface area (Å²) in [4.78, 5) is 42.3. The number of benzene rings is 2. The molecule has 168 valence electrons. The third-order valence-electron chi connectivity index (χ3n) is 5.08.